The van der Waals surface area contributed by atoms with E-state index in [0.29, 0.717) is 59.4 Å². The number of benzene rings is 2. The third-order valence-electron chi connectivity index (χ3n) is 10.2. The summed E-state index contributed by atoms with van der Waals surface area (Å²) < 4.78 is 17.8. The SMILES string of the molecule is COc1nc(O[C@H]2CCc3c(-c4cccc(-c5ccc(CNC[C@@H]6CCC(=O)N6)c(OCC#N)n5)c4Cl)cccc32)c(Cl)cc1CN[C@@H]1CCC[C@@H]1O. The smallest absolute Gasteiger partial charge is 0.236 e. The van der Waals surface area contributed by atoms with E-state index in [1.807, 2.05) is 48.5 Å². The lowest BCUT2D eigenvalue weighted by molar-refractivity contribution is -0.119. The molecule has 4 aromatic rings. The maximum Gasteiger partial charge on any atom is 0.236 e. The molecule has 7 rings (SSSR count). The molecule has 53 heavy (non-hydrogen) atoms. The average molecular weight is 758 g/mol. The normalized spacial score (nSPS) is 20.5. The second-order valence-electron chi connectivity index (χ2n) is 13.7. The Bertz CT molecular complexity index is 2020. The van der Waals surface area contributed by atoms with E-state index in [1.165, 1.54) is 0 Å². The quantitative estimate of drug-likeness (QED) is 0.113. The van der Waals surface area contributed by atoms with Crippen molar-refractivity contribution in [2.45, 2.75) is 82.3 Å². The van der Waals surface area contributed by atoms with E-state index >= 15 is 0 Å². The minimum atomic E-state index is -0.352. The van der Waals surface area contributed by atoms with Crippen LogP contribution in [-0.4, -0.2) is 59.4 Å². The maximum atomic E-state index is 11.6. The molecule has 276 valence electrons. The number of ether oxygens (including phenoxy) is 3. The highest BCUT2D eigenvalue weighted by Gasteiger charge is 2.30. The van der Waals surface area contributed by atoms with Gasteiger partial charge in [-0.05, 0) is 67.3 Å². The van der Waals surface area contributed by atoms with Crippen molar-refractivity contribution >= 4 is 29.1 Å². The van der Waals surface area contributed by atoms with Crippen molar-refractivity contribution in [3.63, 3.8) is 0 Å². The number of aliphatic hydroxyl groups excluding tert-OH is 1. The summed E-state index contributed by atoms with van der Waals surface area (Å²) in [6.45, 7) is 1.42. The van der Waals surface area contributed by atoms with E-state index in [1.54, 1.807) is 7.11 Å². The second kappa shape index (κ2) is 16.7. The van der Waals surface area contributed by atoms with Crippen LogP contribution in [0, 0.1) is 11.3 Å². The summed E-state index contributed by atoms with van der Waals surface area (Å²) >= 11 is 13.9. The van der Waals surface area contributed by atoms with Crippen LogP contribution in [0.2, 0.25) is 10.0 Å². The first-order chi connectivity index (χ1) is 25.8. The highest BCUT2D eigenvalue weighted by molar-refractivity contribution is 6.36. The van der Waals surface area contributed by atoms with E-state index in [0.717, 1.165) is 77.5 Å². The van der Waals surface area contributed by atoms with Gasteiger partial charge in [0.2, 0.25) is 23.5 Å². The topological polar surface area (TPSA) is 151 Å². The Balaban J connectivity index is 1.10. The molecule has 2 fully saturated rings. The summed E-state index contributed by atoms with van der Waals surface area (Å²) in [5, 5.41) is 30.1. The largest absolute Gasteiger partial charge is 0.481 e. The Morgan fingerprint density at radius 1 is 0.943 bits per heavy atom. The number of amides is 1. The first-order valence-electron chi connectivity index (χ1n) is 18.0. The van der Waals surface area contributed by atoms with Gasteiger partial charge in [0.15, 0.2) is 6.61 Å². The Morgan fingerprint density at radius 2 is 1.77 bits per heavy atom. The number of methoxy groups -OCH3 is 1. The molecule has 2 aromatic carbocycles. The second-order valence-corrected chi connectivity index (χ2v) is 14.4. The molecule has 1 saturated carbocycles. The Labute approximate surface area is 319 Å². The zero-order chi connectivity index (χ0) is 36.9. The molecule has 2 aromatic heterocycles. The van der Waals surface area contributed by atoms with Crippen LogP contribution in [0.3, 0.4) is 0 Å². The van der Waals surface area contributed by atoms with Crippen LogP contribution in [0.5, 0.6) is 17.6 Å². The molecule has 3 aliphatic rings. The standard InChI is InChI=1S/C40H42Cl2N6O5/c1-51-38-24(21-45-33-9-4-10-34(33)49)19-31(41)40(48-38)53-35-15-13-27-26(5-2-6-28(27)35)29-7-3-8-30(37(29)42)32-14-11-23(39(47-32)52-18-17-43)20-44-22-25-12-16-36(50)46-25/h2-3,5-8,11,14,19,25,33-35,44-45,49H,4,9-10,12-13,15-16,18,20-22H2,1H3,(H,46,50)/t25-,33+,34-,35-/m0/s1. The molecule has 0 unspecified atom stereocenters. The fourth-order valence-corrected chi connectivity index (χ4v) is 8.10. The van der Waals surface area contributed by atoms with E-state index in [4.69, 9.17) is 42.4 Å². The number of pyridine rings is 2. The minimum absolute atomic E-state index is 0.0394. The molecule has 0 radical (unpaired) electrons. The van der Waals surface area contributed by atoms with Gasteiger partial charge in [0, 0.05) is 60.4 Å². The molecule has 2 aliphatic carbocycles. The molecule has 1 saturated heterocycles. The summed E-state index contributed by atoms with van der Waals surface area (Å²) in [5.41, 5.74) is 7.02. The van der Waals surface area contributed by atoms with Crippen LogP contribution in [0.1, 0.15) is 66.9 Å². The highest BCUT2D eigenvalue weighted by Crippen LogP contribution is 2.44. The van der Waals surface area contributed by atoms with Crippen LogP contribution < -0.4 is 30.2 Å². The zero-order valence-electron chi connectivity index (χ0n) is 29.5. The van der Waals surface area contributed by atoms with Gasteiger partial charge in [0.1, 0.15) is 17.2 Å². The molecular weight excluding hydrogens is 715 g/mol. The third kappa shape index (κ3) is 8.22. The number of hydrogen-bond acceptors (Lipinski definition) is 10. The number of carbonyl (C=O) groups excluding carboxylic acids is 1. The van der Waals surface area contributed by atoms with Crippen LogP contribution >= 0.6 is 23.2 Å². The number of nitrogens with one attached hydrogen (secondary N) is 3. The summed E-state index contributed by atoms with van der Waals surface area (Å²) in [6.07, 6.45) is 4.95. The van der Waals surface area contributed by atoms with E-state index in [-0.39, 0.29) is 36.8 Å². The number of hydrogen-bond donors (Lipinski definition) is 4. The van der Waals surface area contributed by atoms with Crippen LogP contribution in [0.15, 0.2) is 54.6 Å². The number of aromatic nitrogens is 2. The number of rotatable bonds is 14. The number of fused-ring (bicyclic) bond motifs is 1. The first-order valence-corrected chi connectivity index (χ1v) is 18.8. The van der Waals surface area contributed by atoms with Gasteiger partial charge < -0.3 is 35.3 Å². The summed E-state index contributed by atoms with van der Waals surface area (Å²) in [6, 6.07) is 19.8. The summed E-state index contributed by atoms with van der Waals surface area (Å²) in [7, 11) is 1.57. The fraction of sp³-hybridized carbons (Fsp3) is 0.400. The van der Waals surface area contributed by atoms with Crippen molar-refractivity contribution in [1.82, 2.24) is 25.9 Å². The van der Waals surface area contributed by atoms with E-state index in [2.05, 4.69) is 33.1 Å². The molecule has 1 aliphatic heterocycles. The minimum Gasteiger partial charge on any atom is -0.481 e. The van der Waals surface area contributed by atoms with Gasteiger partial charge in [-0.1, -0.05) is 65.7 Å². The number of aliphatic hydroxyl groups is 1. The van der Waals surface area contributed by atoms with Gasteiger partial charge in [0.25, 0.3) is 0 Å². The van der Waals surface area contributed by atoms with E-state index < -0.39 is 0 Å². The molecule has 4 N–H and O–H groups in total. The van der Waals surface area contributed by atoms with E-state index in [9.17, 15) is 15.2 Å². The van der Waals surface area contributed by atoms with Gasteiger partial charge in [-0.25, -0.2) is 4.98 Å². The zero-order valence-corrected chi connectivity index (χ0v) is 31.0. The van der Waals surface area contributed by atoms with Crippen LogP contribution in [-0.2, 0) is 24.3 Å². The molecule has 4 atom stereocenters. The molecule has 3 heterocycles. The molecule has 1 amide bonds. The molecule has 11 nitrogen and oxygen atoms in total. The van der Waals surface area contributed by atoms with Crippen molar-refractivity contribution in [2.24, 2.45) is 0 Å². The average Bonchev–Trinajstić information content (AvgIpc) is 3.90. The van der Waals surface area contributed by atoms with Crippen LogP contribution in [0.4, 0.5) is 0 Å². The highest BCUT2D eigenvalue weighted by atomic mass is 35.5. The summed E-state index contributed by atoms with van der Waals surface area (Å²) in [5.74, 6) is 1.16. The molecule has 13 heteroatoms. The first kappa shape index (κ1) is 36.9. The predicted molar refractivity (Wildman–Crippen MR) is 202 cm³/mol. The lowest BCUT2D eigenvalue weighted by Crippen LogP contribution is -2.35. The van der Waals surface area contributed by atoms with Gasteiger partial charge in [0.05, 0.1) is 23.9 Å². The number of nitriles is 1. The third-order valence-corrected chi connectivity index (χ3v) is 10.9. The monoisotopic (exact) mass is 756 g/mol. The predicted octanol–water partition coefficient (Wildman–Crippen LogP) is 6.47. The molecule has 0 bridgehead atoms. The van der Waals surface area contributed by atoms with Crippen molar-refractivity contribution in [3.8, 4) is 46.1 Å². The van der Waals surface area contributed by atoms with Crippen molar-refractivity contribution in [2.75, 3.05) is 20.3 Å². The van der Waals surface area contributed by atoms with Gasteiger partial charge in [-0.3, -0.25) is 4.79 Å². The molecular formula is C40H42Cl2N6O5. The maximum absolute atomic E-state index is 11.6. The molecule has 0 spiro atoms. The fourth-order valence-electron chi connectivity index (χ4n) is 7.55. The number of nitrogens with zero attached hydrogens (tertiary/aromatic N) is 3. The Kier molecular flexibility index (Phi) is 11.6. The Morgan fingerprint density at radius 3 is 2.55 bits per heavy atom. The van der Waals surface area contributed by atoms with Gasteiger partial charge >= 0.3 is 0 Å². The lowest BCUT2D eigenvalue weighted by atomic mass is 9.94. The van der Waals surface area contributed by atoms with Crippen molar-refractivity contribution in [3.05, 3.63) is 86.9 Å². The lowest BCUT2D eigenvalue weighted by Gasteiger charge is -2.20. The van der Waals surface area contributed by atoms with Gasteiger partial charge in [-0.2, -0.15) is 10.2 Å². The number of halogens is 2. The van der Waals surface area contributed by atoms with Crippen molar-refractivity contribution < 1.29 is 24.1 Å². The Hall–Kier alpha value is -4.44. The van der Waals surface area contributed by atoms with Gasteiger partial charge in [-0.15, -0.1) is 0 Å². The van der Waals surface area contributed by atoms with Crippen LogP contribution in [0.25, 0.3) is 22.4 Å². The number of carbonyl (C=O) groups is 1. The summed E-state index contributed by atoms with van der Waals surface area (Å²) in [4.78, 5) is 21.0. The van der Waals surface area contributed by atoms with Crippen molar-refractivity contribution in [1.29, 1.82) is 5.26 Å².